The lowest BCUT2D eigenvalue weighted by molar-refractivity contribution is 0.188. The topological polar surface area (TPSA) is 15.3 Å². The molecule has 2 heteroatoms. The third-order valence-corrected chi connectivity index (χ3v) is 3.73. The summed E-state index contributed by atoms with van der Waals surface area (Å²) < 4.78 is 0. The fourth-order valence-corrected chi connectivity index (χ4v) is 2.14. The van der Waals surface area contributed by atoms with Gasteiger partial charge in [0.2, 0.25) is 0 Å². The fourth-order valence-electron chi connectivity index (χ4n) is 2.14. The molecule has 0 radical (unpaired) electrons. The molecule has 0 aromatic heterocycles. The molecule has 1 aliphatic carbocycles. The molecule has 0 saturated heterocycles. The first-order chi connectivity index (χ1) is 7.69. The number of hydrogen-bond acceptors (Lipinski definition) is 2. The monoisotopic (exact) mass is 226 g/mol. The van der Waals surface area contributed by atoms with Crippen molar-refractivity contribution in [2.24, 2.45) is 0 Å². The van der Waals surface area contributed by atoms with Crippen LogP contribution in [0.2, 0.25) is 0 Å². The molecule has 2 nitrogen and oxygen atoms in total. The van der Waals surface area contributed by atoms with E-state index < -0.39 is 0 Å². The maximum atomic E-state index is 3.63. The van der Waals surface area contributed by atoms with Crippen LogP contribution in [-0.4, -0.2) is 36.1 Å². The Morgan fingerprint density at radius 1 is 1.25 bits per heavy atom. The number of unbranched alkanes of at least 4 members (excludes halogenated alkanes) is 1. The maximum absolute atomic E-state index is 3.63. The van der Waals surface area contributed by atoms with E-state index in [0.29, 0.717) is 12.1 Å². The van der Waals surface area contributed by atoms with Gasteiger partial charge in [-0.3, -0.25) is 4.90 Å². The van der Waals surface area contributed by atoms with Gasteiger partial charge in [-0.15, -0.1) is 0 Å². The van der Waals surface area contributed by atoms with E-state index in [0.717, 1.165) is 12.6 Å². The summed E-state index contributed by atoms with van der Waals surface area (Å²) in [5, 5.41) is 3.63. The van der Waals surface area contributed by atoms with Crippen LogP contribution in [0.25, 0.3) is 0 Å². The highest BCUT2D eigenvalue weighted by Gasteiger charge is 2.31. The van der Waals surface area contributed by atoms with Crippen molar-refractivity contribution < 1.29 is 0 Å². The van der Waals surface area contributed by atoms with E-state index >= 15 is 0 Å². The van der Waals surface area contributed by atoms with Gasteiger partial charge in [0, 0.05) is 24.7 Å². The lowest BCUT2D eigenvalue weighted by atomic mass is 10.2. The molecule has 96 valence electrons. The van der Waals surface area contributed by atoms with Crippen molar-refractivity contribution in [3.63, 3.8) is 0 Å². The number of nitrogens with one attached hydrogen (secondary N) is 1. The van der Waals surface area contributed by atoms with Crippen molar-refractivity contribution in [2.75, 3.05) is 13.1 Å². The minimum absolute atomic E-state index is 0.662. The van der Waals surface area contributed by atoms with Crippen LogP contribution in [0.3, 0.4) is 0 Å². The van der Waals surface area contributed by atoms with E-state index in [1.165, 1.54) is 38.6 Å². The summed E-state index contributed by atoms with van der Waals surface area (Å²) in [4.78, 5) is 2.72. The highest BCUT2D eigenvalue weighted by Crippen LogP contribution is 2.28. The van der Waals surface area contributed by atoms with Crippen LogP contribution in [-0.2, 0) is 0 Å². The van der Waals surface area contributed by atoms with Gasteiger partial charge in [0.25, 0.3) is 0 Å². The van der Waals surface area contributed by atoms with E-state index in [1.807, 2.05) is 0 Å². The summed E-state index contributed by atoms with van der Waals surface area (Å²) in [5.41, 5.74) is 0. The zero-order valence-corrected chi connectivity index (χ0v) is 11.6. The first-order valence-electron chi connectivity index (χ1n) is 7.18. The molecule has 16 heavy (non-hydrogen) atoms. The number of nitrogens with zero attached hydrogens (tertiary/aromatic N) is 1. The predicted molar refractivity (Wildman–Crippen MR) is 71.9 cm³/mol. The molecule has 1 rings (SSSR count). The van der Waals surface area contributed by atoms with Crippen molar-refractivity contribution in [3.8, 4) is 0 Å². The minimum atomic E-state index is 0.662. The molecular weight excluding hydrogens is 196 g/mol. The molecule has 1 aliphatic rings. The molecular formula is C14H30N2. The third kappa shape index (κ3) is 4.84. The smallest absolute Gasteiger partial charge is 0.0195 e. The van der Waals surface area contributed by atoms with Gasteiger partial charge in [0.1, 0.15) is 0 Å². The fraction of sp³-hybridized carbons (Fsp3) is 1.00. The molecule has 0 heterocycles. The first kappa shape index (κ1) is 14.0. The van der Waals surface area contributed by atoms with Gasteiger partial charge < -0.3 is 5.32 Å². The van der Waals surface area contributed by atoms with Gasteiger partial charge in [-0.05, 0) is 46.1 Å². The van der Waals surface area contributed by atoms with Crippen LogP contribution in [0.4, 0.5) is 0 Å². The van der Waals surface area contributed by atoms with Crippen LogP contribution in [0.1, 0.15) is 59.8 Å². The SMILES string of the molecule is CCCCN(C(C)CNC(C)CC)C1CC1. The third-order valence-electron chi connectivity index (χ3n) is 3.73. The van der Waals surface area contributed by atoms with Crippen molar-refractivity contribution in [1.29, 1.82) is 0 Å². The van der Waals surface area contributed by atoms with Crippen molar-refractivity contribution in [2.45, 2.75) is 77.9 Å². The summed E-state index contributed by atoms with van der Waals surface area (Å²) in [7, 11) is 0. The van der Waals surface area contributed by atoms with Gasteiger partial charge in [0.15, 0.2) is 0 Å². The molecule has 2 atom stereocenters. The second-order valence-corrected chi connectivity index (χ2v) is 5.39. The second-order valence-electron chi connectivity index (χ2n) is 5.39. The largest absolute Gasteiger partial charge is 0.313 e. The summed E-state index contributed by atoms with van der Waals surface area (Å²) in [6, 6.07) is 2.27. The molecule has 0 amide bonds. The van der Waals surface area contributed by atoms with E-state index in [4.69, 9.17) is 0 Å². The molecule has 0 bridgehead atoms. The molecule has 2 unspecified atom stereocenters. The Hall–Kier alpha value is -0.0800. The van der Waals surface area contributed by atoms with E-state index in [2.05, 4.69) is 37.9 Å². The summed E-state index contributed by atoms with van der Waals surface area (Å²) in [6.45, 7) is 11.6. The van der Waals surface area contributed by atoms with Crippen LogP contribution in [0.5, 0.6) is 0 Å². The Morgan fingerprint density at radius 2 is 1.94 bits per heavy atom. The van der Waals surface area contributed by atoms with Crippen molar-refractivity contribution in [1.82, 2.24) is 10.2 Å². The van der Waals surface area contributed by atoms with Crippen LogP contribution >= 0.6 is 0 Å². The highest BCUT2D eigenvalue weighted by atomic mass is 15.2. The average Bonchev–Trinajstić information content (AvgIpc) is 3.10. The van der Waals surface area contributed by atoms with E-state index in [9.17, 15) is 0 Å². The average molecular weight is 226 g/mol. The normalized spacial score (nSPS) is 20.1. The Bertz CT molecular complexity index is 178. The zero-order chi connectivity index (χ0) is 12.0. The molecule has 0 aromatic rings. The molecule has 0 aliphatic heterocycles. The molecule has 0 aromatic carbocycles. The lowest BCUT2D eigenvalue weighted by Crippen LogP contribution is -2.44. The number of rotatable bonds is 9. The minimum Gasteiger partial charge on any atom is -0.313 e. The van der Waals surface area contributed by atoms with E-state index in [-0.39, 0.29) is 0 Å². The van der Waals surface area contributed by atoms with Crippen LogP contribution in [0.15, 0.2) is 0 Å². The van der Waals surface area contributed by atoms with Crippen LogP contribution in [0, 0.1) is 0 Å². The Labute approximate surface area is 102 Å². The Morgan fingerprint density at radius 3 is 2.44 bits per heavy atom. The van der Waals surface area contributed by atoms with Crippen LogP contribution < -0.4 is 5.32 Å². The van der Waals surface area contributed by atoms with Gasteiger partial charge in [0.05, 0.1) is 0 Å². The Kier molecular flexibility index (Phi) is 6.37. The Balaban J connectivity index is 2.26. The highest BCUT2D eigenvalue weighted by molar-refractivity contribution is 4.88. The molecule has 1 fully saturated rings. The van der Waals surface area contributed by atoms with Gasteiger partial charge >= 0.3 is 0 Å². The van der Waals surface area contributed by atoms with Gasteiger partial charge in [-0.2, -0.15) is 0 Å². The van der Waals surface area contributed by atoms with Crippen molar-refractivity contribution in [3.05, 3.63) is 0 Å². The standard InChI is InChI=1S/C14H30N2/c1-5-7-10-16(14-8-9-14)13(4)11-15-12(3)6-2/h12-15H,5-11H2,1-4H3. The molecule has 1 N–H and O–H groups in total. The molecule has 0 spiro atoms. The second kappa shape index (κ2) is 7.29. The number of hydrogen-bond donors (Lipinski definition) is 1. The summed E-state index contributed by atoms with van der Waals surface area (Å²) >= 11 is 0. The maximum Gasteiger partial charge on any atom is 0.0195 e. The van der Waals surface area contributed by atoms with Gasteiger partial charge in [-0.1, -0.05) is 20.3 Å². The first-order valence-corrected chi connectivity index (χ1v) is 7.18. The molecule has 1 saturated carbocycles. The quantitative estimate of drug-likeness (QED) is 0.650. The lowest BCUT2D eigenvalue weighted by Gasteiger charge is -2.30. The summed E-state index contributed by atoms with van der Waals surface area (Å²) in [6.07, 6.45) is 6.75. The predicted octanol–water partition coefficient (Wildman–Crippen LogP) is 3.03. The van der Waals surface area contributed by atoms with Gasteiger partial charge in [-0.25, -0.2) is 0 Å². The van der Waals surface area contributed by atoms with Crippen molar-refractivity contribution >= 4 is 0 Å². The summed E-state index contributed by atoms with van der Waals surface area (Å²) in [5.74, 6) is 0. The zero-order valence-electron chi connectivity index (χ0n) is 11.6. The van der Waals surface area contributed by atoms with E-state index in [1.54, 1.807) is 0 Å².